The van der Waals surface area contributed by atoms with E-state index in [0.717, 1.165) is 33.6 Å². The van der Waals surface area contributed by atoms with Gasteiger partial charge in [-0.3, -0.25) is 0 Å². The molecule has 0 spiro atoms. The average molecular weight is 381 g/mol. The van der Waals surface area contributed by atoms with E-state index < -0.39 is 0 Å². The molecule has 0 aliphatic rings. The van der Waals surface area contributed by atoms with Gasteiger partial charge in [0.15, 0.2) is 0 Å². The second kappa shape index (κ2) is 9.38. The van der Waals surface area contributed by atoms with Crippen LogP contribution in [0.25, 0.3) is 11.1 Å². The minimum absolute atomic E-state index is 0.244. The summed E-state index contributed by atoms with van der Waals surface area (Å²) in [6.45, 7) is 2.60. The van der Waals surface area contributed by atoms with Gasteiger partial charge >= 0.3 is 0 Å². The quantitative estimate of drug-likeness (QED) is 0.323. The van der Waals surface area contributed by atoms with E-state index in [0.29, 0.717) is 18.9 Å². The van der Waals surface area contributed by atoms with Crippen LogP contribution in [0.15, 0.2) is 78.9 Å². The molecule has 0 unspecified atom stereocenters. The van der Waals surface area contributed by atoms with Crippen LogP contribution in [0.2, 0.25) is 0 Å². The topological polar surface area (TPSA) is 9.23 Å². The fourth-order valence-electron chi connectivity index (χ4n) is 3.16. The van der Waals surface area contributed by atoms with Crippen molar-refractivity contribution < 1.29 is 9.13 Å². The Hall–Kier alpha value is -2.58. The van der Waals surface area contributed by atoms with Crippen LogP contribution in [0.4, 0.5) is 4.39 Å². The number of benzene rings is 3. The highest BCUT2D eigenvalue weighted by Gasteiger charge is 2.14. The molecule has 0 bridgehead atoms. The van der Waals surface area contributed by atoms with E-state index in [9.17, 15) is 4.39 Å². The molecule has 0 radical (unpaired) electrons. The standard InChI is InChI=1S/C24H22ClFO/c1-2-27-22-14-10-20(11-15-22)24(19-6-4-3-5-7-19)23(16-17-25)18-8-12-21(26)13-9-18/h3-15H,2,16-17H2,1H3/b24-23-. The van der Waals surface area contributed by atoms with Gasteiger partial charge in [0.25, 0.3) is 0 Å². The molecular weight excluding hydrogens is 359 g/mol. The smallest absolute Gasteiger partial charge is 0.123 e. The van der Waals surface area contributed by atoms with Crippen molar-refractivity contribution in [3.05, 3.63) is 101 Å². The number of alkyl halides is 1. The summed E-state index contributed by atoms with van der Waals surface area (Å²) < 4.78 is 19.0. The van der Waals surface area contributed by atoms with Crippen LogP contribution in [0, 0.1) is 5.82 Å². The zero-order valence-electron chi connectivity index (χ0n) is 15.3. The van der Waals surface area contributed by atoms with E-state index in [1.807, 2.05) is 49.4 Å². The molecule has 3 rings (SSSR count). The molecule has 0 fully saturated rings. The van der Waals surface area contributed by atoms with E-state index in [1.165, 1.54) is 12.1 Å². The van der Waals surface area contributed by atoms with Gasteiger partial charge < -0.3 is 4.74 Å². The van der Waals surface area contributed by atoms with Crippen molar-refractivity contribution in [3.63, 3.8) is 0 Å². The lowest BCUT2D eigenvalue weighted by Gasteiger charge is -2.17. The molecular formula is C24H22ClFO. The van der Waals surface area contributed by atoms with Gasteiger partial charge in [0.1, 0.15) is 11.6 Å². The summed E-state index contributed by atoms with van der Waals surface area (Å²) in [7, 11) is 0. The first kappa shape index (κ1) is 19.2. The molecule has 0 amide bonds. The highest BCUT2D eigenvalue weighted by molar-refractivity contribution is 6.18. The van der Waals surface area contributed by atoms with Crippen LogP contribution < -0.4 is 4.74 Å². The molecule has 0 N–H and O–H groups in total. The first-order valence-electron chi connectivity index (χ1n) is 9.06. The number of hydrogen-bond acceptors (Lipinski definition) is 1. The summed E-state index contributed by atoms with van der Waals surface area (Å²) in [6, 6.07) is 24.9. The predicted molar refractivity (Wildman–Crippen MR) is 112 cm³/mol. The maximum Gasteiger partial charge on any atom is 0.123 e. The summed E-state index contributed by atoms with van der Waals surface area (Å²) in [4.78, 5) is 0. The minimum atomic E-state index is -0.244. The zero-order valence-corrected chi connectivity index (χ0v) is 16.0. The van der Waals surface area contributed by atoms with Crippen molar-refractivity contribution in [1.82, 2.24) is 0 Å². The molecule has 138 valence electrons. The normalized spacial score (nSPS) is 11.8. The highest BCUT2D eigenvalue weighted by Crippen LogP contribution is 2.35. The maximum atomic E-state index is 13.4. The first-order valence-corrected chi connectivity index (χ1v) is 9.60. The summed E-state index contributed by atoms with van der Waals surface area (Å²) in [6.07, 6.45) is 0.685. The lowest BCUT2D eigenvalue weighted by atomic mass is 9.88. The fraction of sp³-hybridized carbons (Fsp3) is 0.167. The SMILES string of the molecule is CCOc1ccc(/C(=C(/CCCl)c2ccc(F)cc2)c2ccccc2)cc1. The van der Waals surface area contributed by atoms with Crippen molar-refractivity contribution in [2.75, 3.05) is 12.5 Å². The Balaban J connectivity index is 2.19. The van der Waals surface area contributed by atoms with E-state index >= 15 is 0 Å². The van der Waals surface area contributed by atoms with Gasteiger partial charge in [-0.1, -0.05) is 54.6 Å². The van der Waals surface area contributed by atoms with Gasteiger partial charge in [0, 0.05) is 5.88 Å². The third-order valence-electron chi connectivity index (χ3n) is 4.36. The lowest BCUT2D eigenvalue weighted by molar-refractivity contribution is 0.340. The molecule has 0 aromatic heterocycles. The molecule has 0 heterocycles. The van der Waals surface area contributed by atoms with E-state index in [4.69, 9.17) is 16.3 Å². The molecule has 0 atom stereocenters. The molecule has 3 heteroatoms. The van der Waals surface area contributed by atoms with Crippen molar-refractivity contribution in [3.8, 4) is 5.75 Å². The summed E-state index contributed by atoms with van der Waals surface area (Å²) in [5.74, 6) is 1.08. The minimum Gasteiger partial charge on any atom is -0.494 e. The van der Waals surface area contributed by atoms with E-state index in [-0.39, 0.29) is 5.82 Å². The second-order valence-corrected chi connectivity index (χ2v) is 6.50. The summed E-state index contributed by atoms with van der Waals surface area (Å²) >= 11 is 6.13. The van der Waals surface area contributed by atoms with Crippen molar-refractivity contribution in [2.45, 2.75) is 13.3 Å². The van der Waals surface area contributed by atoms with Gasteiger partial charge in [-0.2, -0.15) is 0 Å². The van der Waals surface area contributed by atoms with Crippen LogP contribution in [0.1, 0.15) is 30.0 Å². The van der Waals surface area contributed by atoms with Crippen molar-refractivity contribution in [2.24, 2.45) is 0 Å². The highest BCUT2D eigenvalue weighted by atomic mass is 35.5. The third kappa shape index (κ3) is 4.78. The molecule has 1 nitrogen and oxygen atoms in total. The van der Waals surface area contributed by atoms with Gasteiger partial charge in [0.05, 0.1) is 6.61 Å². The van der Waals surface area contributed by atoms with Gasteiger partial charge in [-0.05, 0) is 65.4 Å². The van der Waals surface area contributed by atoms with Gasteiger partial charge in [0.2, 0.25) is 0 Å². The third-order valence-corrected chi connectivity index (χ3v) is 4.54. The van der Waals surface area contributed by atoms with E-state index in [1.54, 1.807) is 0 Å². The number of allylic oxidation sites excluding steroid dienone is 1. The Morgan fingerprint density at radius 2 is 1.41 bits per heavy atom. The van der Waals surface area contributed by atoms with Gasteiger partial charge in [-0.25, -0.2) is 4.39 Å². The Morgan fingerprint density at radius 3 is 2.00 bits per heavy atom. The van der Waals surface area contributed by atoms with Crippen LogP contribution in [0.5, 0.6) is 5.75 Å². The Bertz CT molecular complexity index is 884. The summed E-state index contributed by atoms with van der Waals surface area (Å²) in [5, 5.41) is 0. The van der Waals surface area contributed by atoms with Crippen LogP contribution in [0.3, 0.4) is 0 Å². The van der Waals surface area contributed by atoms with Crippen molar-refractivity contribution >= 4 is 22.7 Å². The number of ether oxygens (including phenoxy) is 1. The van der Waals surface area contributed by atoms with Crippen LogP contribution in [-0.2, 0) is 0 Å². The Labute approximate surface area is 165 Å². The summed E-state index contributed by atoms with van der Waals surface area (Å²) in [5.41, 5.74) is 5.36. The second-order valence-electron chi connectivity index (χ2n) is 6.12. The predicted octanol–water partition coefficient (Wildman–Crippen LogP) is 6.81. The zero-order chi connectivity index (χ0) is 19.1. The molecule has 0 saturated carbocycles. The fourth-order valence-corrected chi connectivity index (χ4v) is 3.35. The Morgan fingerprint density at radius 1 is 0.815 bits per heavy atom. The first-order chi connectivity index (χ1) is 13.2. The number of rotatable bonds is 7. The van der Waals surface area contributed by atoms with Crippen LogP contribution >= 0.6 is 11.6 Å². The van der Waals surface area contributed by atoms with Gasteiger partial charge in [-0.15, -0.1) is 11.6 Å². The van der Waals surface area contributed by atoms with Crippen LogP contribution in [-0.4, -0.2) is 12.5 Å². The molecule has 0 saturated heterocycles. The number of hydrogen-bond donors (Lipinski definition) is 0. The molecule has 0 aliphatic heterocycles. The lowest BCUT2D eigenvalue weighted by Crippen LogP contribution is -1.97. The molecule has 3 aromatic carbocycles. The van der Waals surface area contributed by atoms with E-state index in [2.05, 4.69) is 24.3 Å². The monoisotopic (exact) mass is 380 g/mol. The molecule has 27 heavy (non-hydrogen) atoms. The Kier molecular flexibility index (Phi) is 6.67. The molecule has 0 aliphatic carbocycles. The van der Waals surface area contributed by atoms with Crippen molar-refractivity contribution in [1.29, 1.82) is 0 Å². The molecule has 3 aromatic rings. The largest absolute Gasteiger partial charge is 0.494 e. The maximum absolute atomic E-state index is 13.4. The average Bonchev–Trinajstić information content (AvgIpc) is 2.71. The number of halogens is 2.